The minimum atomic E-state index is -4.79. The number of aliphatic hydroxyl groups excluding tert-OH is 1. The number of rotatable bonds is 12. The van der Waals surface area contributed by atoms with Crippen molar-refractivity contribution in [3.63, 3.8) is 0 Å². The summed E-state index contributed by atoms with van der Waals surface area (Å²) in [5.41, 5.74) is -2.59. The van der Waals surface area contributed by atoms with Crippen molar-refractivity contribution >= 4 is 21.6 Å². The Hall–Kier alpha value is -3.97. The third kappa shape index (κ3) is 7.65. The van der Waals surface area contributed by atoms with E-state index in [-0.39, 0.29) is 36.0 Å². The number of hydrogen-bond donors (Lipinski definition) is 2. The zero-order chi connectivity index (χ0) is 30.4. The van der Waals surface area contributed by atoms with Crippen LogP contribution in [0, 0.1) is 5.82 Å². The molecule has 3 aromatic carbocycles. The molecule has 0 saturated carbocycles. The van der Waals surface area contributed by atoms with Gasteiger partial charge in [0, 0.05) is 25.1 Å². The fourth-order valence-electron chi connectivity index (χ4n) is 4.21. The van der Waals surface area contributed by atoms with Crippen molar-refractivity contribution in [3.05, 3.63) is 95.3 Å². The van der Waals surface area contributed by atoms with Crippen molar-refractivity contribution in [2.75, 3.05) is 25.6 Å². The Kier molecular flexibility index (Phi) is 9.52. The summed E-state index contributed by atoms with van der Waals surface area (Å²) in [4.78, 5) is 18.0. The highest BCUT2D eigenvalue weighted by atomic mass is 32.2. The van der Waals surface area contributed by atoms with Crippen LogP contribution < -0.4 is 10.1 Å². The molecular weight excluding hydrogens is 580 g/mol. The molecule has 0 unspecified atom stereocenters. The monoisotopic (exact) mass is 608 g/mol. The number of benzene rings is 3. The van der Waals surface area contributed by atoms with Gasteiger partial charge in [0.15, 0.2) is 15.4 Å². The molecule has 2 N–H and O–H groups in total. The van der Waals surface area contributed by atoms with Crippen molar-refractivity contribution in [2.45, 2.75) is 36.0 Å². The Labute approximate surface area is 239 Å². The Balaban J connectivity index is 1.58. The van der Waals surface area contributed by atoms with E-state index >= 15 is 0 Å². The number of amides is 1. The molecule has 1 aliphatic heterocycles. The average Bonchev–Trinajstić information content (AvgIpc) is 3.41. The van der Waals surface area contributed by atoms with Crippen molar-refractivity contribution in [1.29, 1.82) is 0 Å². The topological polar surface area (TPSA) is 114 Å². The van der Waals surface area contributed by atoms with E-state index in [2.05, 4.69) is 10.3 Å². The second-order valence-electron chi connectivity index (χ2n) is 9.60. The summed E-state index contributed by atoms with van der Waals surface area (Å²) >= 11 is 0. The summed E-state index contributed by atoms with van der Waals surface area (Å²) in [6.07, 6.45) is -4.63. The van der Waals surface area contributed by atoms with E-state index in [9.17, 15) is 30.8 Å². The van der Waals surface area contributed by atoms with E-state index in [0.717, 1.165) is 12.1 Å². The van der Waals surface area contributed by atoms with E-state index in [4.69, 9.17) is 14.6 Å². The first-order chi connectivity index (χ1) is 19.9. The summed E-state index contributed by atoms with van der Waals surface area (Å²) in [6.45, 7) is -0.500. The quantitative estimate of drug-likeness (QED) is 0.234. The third-order valence-electron chi connectivity index (χ3n) is 6.48. The van der Waals surface area contributed by atoms with Gasteiger partial charge >= 0.3 is 6.18 Å². The summed E-state index contributed by atoms with van der Waals surface area (Å²) in [5.74, 6) is -1.79. The summed E-state index contributed by atoms with van der Waals surface area (Å²) < 4.78 is 90.6. The van der Waals surface area contributed by atoms with Gasteiger partial charge in [0.2, 0.25) is 5.90 Å². The Morgan fingerprint density at radius 3 is 2.45 bits per heavy atom. The maximum absolute atomic E-state index is 13.9. The van der Waals surface area contributed by atoms with Gasteiger partial charge in [-0.3, -0.25) is 4.79 Å². The number of aliphatic hydroxyl groups is 1. The number of nitrogens with zero attached hydrogens (tertiary/aromatic N) is 1. The first-order valence-electron chi connectivity index (χ1n) is 12.9. The molecule has 0 aliphatic carbocycles. The van der Waals surface area contributed by atoms with Crippen molar-refractivity contribution in [1.82, 2.24) is 5.32 Å². The highest BCUT2D eigenvalue weighted by Gasteiger charge is 2.45. The van der Waals surface area contributed by atoms with Crippen LogP contribution in [0.15, 0.2) is 82.7 Å². The predicted octanol–water partition coefficient (Wildman–Crippen LogP) is 4.30. The van der Waals surface area contributed by atoms with Gasteiger partial charge in [-0.1, -0.05) is 18.2 Å². The molecule has 42 heavy (non-hydrogen) atoms. The molecule has 0 radical (unpaired) electrons. The lowest BCUT2D eigenvalue weighted by atomic mass is 9.97. The predicted molar refractivity (Wildman–Crippen MR) is 145 cm³/mol. The van der Waals surface area contributed by atoms with Crippen molar-refractivity contribution < 1.29 is 45.4 Å². The molecule has 4 rings (SSSR count). The molecule has 1 amide bonds. The van der Waals surface area contributed by atoms with E-state index < -0.39 is 51.1 Å². The molecule has 13 heteroatoms. The maximum Gasteiger partial charge on any atom is 0.416 e. The number of ether oxygens (including phenoxy) is 2. The molecule has 1 aliphatic rings. The van der Waals surface area contributed by atoms with Crippen LogP contribution in [0.4, 0.5) is 17.6 Å². The zero-order valence-electron chi connectivity index (χ0n) is 22.2. The van der Waals surface area contributed by atoms with Crippen LogP contribution in [0.5, 0.6) is 5.75 Å². The van der Waals surface area contributed by atoms with E-state index in [1.807, 2.05) is 0 Å². The number of alkyl halides is 3. The number of carbonyl (C=O) groups is 1. The number of hydrogen-bond acceptors (Lipinski definition) is 7. The van der Waals surface area contributed by atoms with Crippen molar-refractivity contribution in [3.8, 4) is 5.75 Å². The SMILES string of the molecule is O=C(NCc1cc(F)cc(C(F)(F)F)c1)[C@@]1(CCS(=O)(=O)c2ccccc2)COC(c2ccc(OCCCO)cc2)=N1. The van der Waals surface area contributed by atoms with Gasteiger partial charge in [-0.2, -0.15) is 13.2 Å². The number of carbonyl (C=O) groups excluding carboxylic acids is 1. The number of sulfone groups is 1. The molecule has 0 saturated heterocycles. The Morgan fingerprint density at radius 2 is 1.79 bits per heavy atom. The van der Waals surface area contributed by atoms with Crippen LogP contribution in [0.2, 0.25) is 0 Å². The lowest BCUT2D eigenvalue weighted by Crippen LogP contribution is -2.47. The third-order valence-corrected chi connectivity index (χ3v) is 8.21. The fourth-order valence-corrected chi connectivity index (χ4v) is 5.63. The molecule has 8 nitrogen and oxygen atoms in total. The molecular formula is C29H28F4N2O6S. The van der Waals surface area contributed by atoms with Crippen LogP contribution in [0.3, 0.4) is 0 Å². The first-order valence-corrected chi connectivity index (χ1v) is 14.6. The van der Waals surface area contributed by atoms with Crippen LogP contribution in [-0.4, -0.2) is 56.4 Å². The minimum Gasteiger partial charge on any atom is -0.494 e. The minimum absolute atomic E-state index is 0.0183. The molecule has 0 aromatic heterocycles. The lowest BCUT2D eigenvalue weighted by molar-refractivity contribution is -0.137. The largest absolute Gasteiger partial charge is 0.494 e. The van der Waals surface area contributed by atoms with Gasteiger partial charge in [-0.15, -0.1) is 0 Å². The van der Waals surface area contributed by atoms with Crippen LogP contribution in [-0.2, 0) is 32.1 Å². The standard InChI is InChI=1S/C29H28F4N2O6S/c30-23-16-20(15-22(17-23)29(31,32)33)18-34-27(37)28(11-14-42(38,39)25-5-2-1-3-6-25)19-41-26(35-28)21-7-9-24(10-8-21)40-13-4-12-36/h1-3,5-10,15-17,36H,4,11-14,18-19H2,(H,34,37)/t28-/m1/s1. The molecule has 224 valence electrons. The molecule has 3 aromatic rings. The summed E-state index contributed by atoms with van der Waals surface area (Å²) in [6, 6.07) is 16.1. The number of nitrogens with one attached hydrogen (secondary N) is 1. The maximum atomic E-state index is 13.9. The fraction of sp³-hybridized carbons (Fsp3) is 0.310. The highest BCUT2D eigenvalue weighted by Crippen LogP contribution is 2.31. The van der Waals surface area contributed by atoms with Gasteiger partial charge in [-0.25, -0.2) is 17.8 Å². The zero-order valence-corrected chi connectivity index (χ0v) is 23.1. The van der Waals surface area contributed by atoms with Crippen molar-refractivity contribution in [2.24, 2.45) is 4.99 Å². The normalized spacial score (nSPS) is 16.9. The highest BCUT2D eigenvalue weighted by molar-refractivity contribution is 7.91. The Morgan fingerprint density at radius 1 is 1.07 bits per heavy atom. The molecule has 1 heterocycles. The van der Waals surface area contributed by atoms with E-state index in [1.54, 1.807) is 42.5 Å². The van der Waals surface area contributed by atoms with Gasteiger partial charge in [-0.05, 0) is 66.6 Å². The van der Waals surface area contributed by atoms with Crippen LogP contribution in [0.25, 0.3) is 0 Å². The van der Waals surface area contributed by atoms with E-state index in [0.29, 0.717) is 30.4 Å². The smallest absolute Gasteiger partial charge is 0.416 e. The number of aliphatic imine (C=N–C) groups is 1. The molecule has 0 bridgehead atoms. The molecule has 0 fully saturated rings. The molecule has 1 atom stereocenters. The summed E-state index contributed by atoms with van der Waals surface area (Å²) in [7, 11) is -3.83. The second-order valence-corrected chi connectivity index (χ2v) is 11.7. The average molecular weight is 609 g/mol. The Bertz CT molecular complexity index is 1530. The van der Waals surface area contributed by atoms with Crippen LogP contribution >= 0.6 is 0 Å². The summed E-state index contributed by atoms with van der Waals surface area (Å²) in [5, 5.41) is 11.4. The van der Waals surface area contributed by atoms with Gasteiger partial charge in [0.05, 0.1) is 22.8 Å². The first kappa shape index (κ1) is 31.0. The van der Waals surface area contributed by atoms with E-state index in [1.165, 1.54) is 12.1 Å². The van der Waals surface area contributed by atoms with Gasteiger partial charge < -0.3 is 19.9 Å². The van der Waals surface area contributed by atoms with Gasteiger partial charge in [0.1, 0.15) is 18.2 Å². The second kappa shape index (κ2) is 12.9. The molecule has 0 spiro atoms. The van der Waals surface area contributed by atoms with Crippen LogP contribution in [0.1, 0.15) is 29.5 Å². The number of halogens is 4. The lowest BCUT2D eigenvalue weighted by Gasteiger charge is -2.23. The van der Waals surface area contributed by atoms with Gasteiger partial charge in [0.25, 0.3) is 5.91 Å².